The molecule has 6 rings (SSSR count). The van der Waals surface area contributed by atoms with E-state index in [4.69, 9.17) is 51.6 Å². The van der Waals surface area contributed by atoms with Crippen molar-refractivity contribution in [2.45, 2.75) is 60.1 Å². The van der Waals surface area contributed by atoms with Crippen LogP contribution in [0.5, 0.6) is 11.5 Å². The number of sulfonamides is 2. The maximum absolute atomic E-state index is 12.9. The molecule has 3 atom stereocenters. The van der Waals surface area contributed by atoms with E-state index >= 15 is 0 Å². The van der Waals surface area contributed by atoms with Gasteiger partial charge in [0.2, 0.25) is 20.0 Å². The third kappa shape index (κ3) is 18.7. The summed E-state index contributed by atoms with van der Waals surface area (Å²) in [5.74, 6) is 0.977. The zero-order valence-corrected chi connectivity index (χ0v) is 46.1. The number of fused-ring (bicyclic) bond motifs is 2. The topological polar surface area (TPSA) is 281 Å². The van der Waals surface area contributed by atoms with Crippen molar-refractivity contribution in [1.29, 1.82) is 10.5 Å². The Bertz CT molecular complexity index is 2910. The van der Waals surface area contributed by atoms with E-state index in [0.29, 0.717) is 77.9 Å². The number of carbonyl (C=O) groups is 2. The molecule has 6 N–H and O–H groups in total. The van der Waals surface area contributed by atoms with E-state index in [1.807, 2.05) is 25.1 Å². The van der Waals surface area contributed by atoms with Crippen LogP contribution >= 0.6 is 23.2 Å². The highest BCUT2D eigenvalue weighted by molar-refractivity contribution is 7.89. The zero-order valence-electron chi connectivity index (χ0n) is 42.9. The highest BCUT2D eigenvalue weighted by Crippen LogP contribution is 2.41. The summed E-state index contributed by atoms with van der Waals surface area (Å²) < 4.78 is 90.7. The van der Waals surface area contributed by atoms with Crippen LogP contribution in [0.2, 0.25) is 10.0 Å². The molecule has 4 aromatic carbocycles. The van der Waals surface area contributed by atoms with E-state index in [1.54, 1.807) is 42.5 Å². The second kappa shape index (κ2) is 30.4. The van der Waals surface area contributed by atoms with Gasteiger partial charge in [-0.15, -0.1) is 0 Å². The molecule has 77 heavy (non-hydrogen) atoms. The van der Waals surface area contributed by atoms with Gasteiger partial charge in [-0.3, -0.25) is 0 Å². The second-order valence-electron chi connectivity index (χ2n) is 17.9. The minimum Gasteiger partial charge on any atom is -0.486 e. The van der Waals surface area contributed by atoms with Gasteiger partial charge >= 0.3 is 12.1 Å². The predicted molar refractivity (Wildman–Crippen MR) is 287 cm³/mol. The Hall–Kier alpha value is -5.80. The molecule has 0 bridgehead atoms. The van der Waals surface area contributed by atoms with E-state index in [0.717, 1.165) is 22.3 Å². The number of ether oxygens (including phenoxy) is 6. The summed E-state index contributed by atoms with van der Waals surface area (Å²) in [6.07, 6.45) is 2.59. The number of amides is 4. The van der Waals surface area contributed by atoms with Crippen molar-refractivity contribution in [2.24, 2.45) is 0 Å². The van der Waals surface area contributed by atoms with Crippen molar-refractivity contribution in [3.8, 4) is 23.6 Å². The van der Waals surface area contributed by atoms with Crippen molar-refractivity contribution in [3.05, 3.63) is 116 Å². The van der Waals surface area contributed by atoms with E-state index in [-0.39, 0.29) is 113 Å². The van der Waals surface area contributed by atoms with E-state index in [2.05, 4.69) is 42.8 Å². The van der Waals surface area contributed by atoms with Crippen LogP contribution in [0.15, 0.2) is 82.6 Å². The molecule has 0 aliphatic heterocycles. The Kier molecular flexibility index (Phi) is 23.8. The number of unbranched alkanes of at least 4 members (excludes halogenated alkanes) is 1. The molecule has 0 saturated heterocycles. The number of halogens is 2. The van der Waals surface area contributed by atoms with Crippen LogP contribution in [0.25, 0.3) is 0 Å². The monoisotopic (exact) mass is 1140 g/mol. The van der Waals surface area contributed by atoms with Gasteiger partial charge < -0.3 is 54.6 Å². The number of nitrogens with zero attached hydrogens (tertiary/aromatic N) is 3. The number of carbonyl (C=O) groups excluding carboxylic acids is 2. The molecule has 2 aliphatic rings. The van der Waals surface area contributed by atoms with Gasteiger partial charge in [0.05, 0.1) is 92.0 Å². The van der Waals surface area contributed by atoms with Gasteiger partial charge in [-0.05, 0) is 141 Å². The van der Waals surface area contributed by atoms with Crippen LogP contribution in [0, 0.1) is 22.7 Å². The molecule has 0 fully saturated rings. The summed E-state index contributed by atoms with van der Waals surface area (Å²) in [7, 11) is -3.71. The first kappa shape index (κ1) is 60.4. The van der Waals surface area contributed by atoms with E-state index in [9.17, 15) is 36.9 Å². The van der Waals surface area contributed by atoms with E-state index in [1.165, 1.54) is 24.3 Å². The lowest BCUT2D eigenvalue weighted by atomic mass is 10.0. The van der Waals surface area contributed by atoms with Gasteiger partial charge in [-0.2, -0.15) is 10.5 Å². The average Bonchev–Trinajstić information content (AvgIpc) is 4.05. The number of rotatable bonds is 32. The standard InChI is InChI=1S/C52H65Cl2N9O12S2/c1-63(2)48-33-45-37(35-56)30-39(54)32-47(45)50(48)75-41-7-11-43(12-8-41)77(68,69)62-20-24-73-28-26-71-22-18-60-52(65)58-16-4-3-15-57-51(64)59-17-21-70-25-27-72-23-19-61-76(66,67)42-9-5-40(6-10-42)74-49-14-13-44-36(34-55)29-38(53)31-46(44)49/h5-12,29-32,48-50,61-62H,3-4,13-28,33H2,1-2H3,(H2,57,59,64)(H2,58,60,65)/t48-,49+,50-/m0/s1. The first-order chi connectivity index (χ1) is 37.1. The van der Waals surface area contributed by atoms with Crippen LogP contribution in [-0.4, -0.2) is 146 Å². The van der Waals surface area contributed by atoms with Crippen LogP contribution in [-0.2, 0) is 51.8 Å². The molecule has 21 nitrogen and oxygen atoms in total. The Morgan fingerprint density at radius 2 is 1.01 bits per heavy atom. The van der Waals surface area contributed by atoms with Crippen molar-refractivity contribution < 1.29 is 54.8 Å². The highest BCUT2D eigenvalue weighted by Gasteiger charge is 2.38. The minimum absolute atomic E-state index is 0.0477. The molecule has 0 aromatic heterocycles. The Morgan fingerprint density at radius 1 is 0.584 bits per heavy atom. The summed E-state index contributed by atoms with van der Waals surface area (Å²) in [6.45, 7) is 3.20. The molecular weight excluding hydrogens is 1080 g/mol. The normalized spacial score (nSPS) is 15.8. The molecule has 0 unspecified atom stereocenters. The van der Waals surface area contributed by atoms with Crippen LogP contribution < -0.4 is 40.2 Å². The van der Waals surface area contributed by atoms with Crippen molar-refractivity contribution >= 4 is 55.3 Å². The van der Waals surface area contributed by atoms with E-state index < -0.39 is 26.2 Å². The molecular formula is C52H65Cl2N9O12S2. The number of nitrogens with one attached hydrogen (secondary N) is 6. The van der Waals surface area contributed by atoms with Crippen LogP contribution in [0.4, 0.5) is 9.59 Å². The second-order valence-corrected chi connectivity index (χ2v) is 22.4. The molecule has 25 heteroatoms. The summed E-state index contributed by atoms with van der Waals surface area (Å²) in [4.78, 5) is 26.3. The summed E-state index contributed by atoms with van der Waals surface area (Å²) in [5.41, 5.74) is 4.58. The lowest BCUT2D eigenvalue weighted by Crippen LogP contribution is -2.39. The maximum Gasteiger partial charge on any atom is 0.314 e. The zero-order chi connectivity index (χ0) is 55.2. The van der Waals surface area contributed by atoms with Gasteiger partial charge in [-0.1, -0.05) is 23.2 Å². The fourth-order valence-electron chi connectivity index (χ4n) is 8.50. The lowest BCUT2D eigenvalue weighted by Gasteiger charge is -2.27. The van der Waals surface area contributed by atoms with Crippen LogP contribution in [0.1, 0.15) is 64.9 Å². The largest absolute Gasteiger partial charge is 0.486 e. The van der Waals surface area contributed by atoms with Crippen molar-refractivity contribution in [1.82, 2.24) is 35.6 Å². The first-order valence-corrected chi connectivity index (χ1v) is 28.8. The molecule has 0 radical (unpaired) electrons. The van der Waals surface area contributed by atoms with Gasteiger partial charge in [0.1, 0.15) is 23.7 Å². The molecule has 2 aliphatic carbocycles. The first-order valence-electron chi connectivity index (χ1n) is 25.1. The molecule has 4 aromatic rings. The predicted octanol–water partition coefficient (Wildman–Crippen LogP) is 5.11. The van der Waals surface area contributed by atoms with Crippen LogP contribution in [0.3, 0.4) is 0 Å². The summed E-state index contributed by atoms with van der Waals surface area (Å²) in [6, 6.07) is 22.8. The smallest absolute Gasteiger partial charge is 0.314 e. The average molecular weight is 1140 g/mol. The minimum atomic E-state index is -3.81. The number of hydrogen-bond donors (Lipinski definition) is 6. The molecule has 4 amide bonds. The number of hydrogen-bond acceptors (Lipinski definition) is 15. The van der Waals surface area contributed by atoms with Gasteiger partial charge in [-0.25, -0.2) is 35.9 Å². The molecule has 0 heterocycles. The third-order valence-electron chi connectivity index (χ3n) is 12.3. The summed E-state index contributed by atoms with van der Waals surface area (Å²) >= 11 is 12.5. The summed E-state index contributed by atoms with van der Waals surface area (Å²) in [5, 5.41) is 30.9. The van der Waals surface area contributed by atoms with Gasteiger partial charge in [0.15, 0.2) is 0 Å². The maximum atomic E-state index is 12.9. The molecule has 0 saturated carbocycles. The fraction of sp³-hybridized carbons (Fsp3) is 0.462. The molecule has 416 valence electrons. The van der Waals surface area contributed by atoms with Gasteiger partial charge in [0, 0.05) is 49.3 Å². The highest BCUT2D eigenvalue weighted by atomic mass is 35.5. The number of likely N-dealkylation sites (N-methyl/N-ethyl adjacent to an activating group) is 1. The number of nitriles is 2. The lowest BCUT2D eigenvalue weighted by molar-refractivity contribution is 0.0516. The van der Waals surface area contributed by atoms with Crippen molar-refractivity contribution in [3.63, 3.8) is 0 Å². The molecule has 0 spiro atoms. The number of urea groups is 2. The number of benzene rings is 4. The van der Waals surface area contributed by atoms with Gasteiger partial charge in [0.25, 0.3) is 0 Å². The Labute approximate surface area is 460 Å². The quantitative estimate of drug-likeness (QED) is 0.0347. The third-order valence-corrected chi connectivity index (χ3v) is 15.7. The Balaban J connectivity index is 0.691. The SMILES string of the molecule is CN(C)[C@H]1Cc2c(C#N)cc(Cl)cc2[C@@H]1Oc1ccc(S(=O)(=O)NCCOCCOCCNC(=O)NCCCCNC(=O)NCCOCCOCCNS(=O)(=O)c2ccc(O[C@@H]3CCc4c(C#N)cc(Cl)cc43)cc2)cc1. The fourth-order valence-corrected chi connectivity index (χ4v) is 11.0. The Morgan fingerprint density at radius 3 is 1.48 bits per heavy atom. The van der Waals surface area contributed by atoms with Crippen molar-refractivity contribution in [2.75, 3.05) is 106 Å².